The van der Waals surface area contributed by atoms with Crippen molar-refractivity contribution in [2.75, 3.05) is 5.32 Å². The van der Waals surface area contributed by atoms with Gasteiger partial charge < -0.3 is 5.32 Å². The van der Waals surface area contributed by atoms with Gasteiger partial charge in [0.05, 0.1) is 16.3 Å². The number of hydrogen-bond donors (Lipinski definition) is 1. The second-order valence-corrected chi connectivity index (χ2v) is 5.94. The Bertz CT molecular complexity index is 466. The second-order valence-electron chi connectivity index (χ2n) is 5.54. The lowest BCUT2D eigenvalue weighted by atomic mass is 10.1. The molecule has 3 rings (SSSR count). The number of anilines is 1. The van der Waals surface area contributed by atoms with Crippen molar-refractivity contribution < 1.29 is 13.2 Å². The van der Waals surface area contributed by atoms with E-state index in [1.165, 1.54) is 31.7 Å². The number of rotatable bonds is 4. The van der Waals surface area contributed by atoms with E-state index in [0.29, 0.717) is 23.6 Å². The van der Waals surface area contributed by atoms with E-state index in [2.05, 4.69) is 5.32 Å². The van der Waals surface area contributed by atoms with Gasteiger partial charge in [-0.3, -0.25) is 0 Å². The third-order valence-electron chi connectivity index (χ3n) is 3.88. The molecule has 104 valence electrons. The zero-order valence-electron chi connectivity index (χ0n) is 10.3. The molecule has 5 heteroatoms. The normalized spacial score (nSPS) is 19.8. The lowest BCUT2D eigenvalue weighted by molar-refractivity contribution is -0.137. The Kier molecular flexibility index (Phi) is 3.16. The fourth-order valence-electron chi connectivity index (χ4n) is 2.52. The lowest BCUT2D eigenvalue weighted by Gasteiger charge is -2.20. The van der Waals surface area contributed by atoms with Gasteiger partial charge in [0, 0.05) is 6.04 Å². The molecule has 0 aliphatic heterocycles. The summed E-state index contributed by atoms with van der Waals surface area (Å²) in [4.78, 5) is 0. The molecule has 19 heavy (non-hydrogen) atoms. The third-order valence-corrected chi connectivity index (χ3v) is 4.19. The Morgan fingerprint density at radius 1 is 1.11 bits per heavy atom. The van der Waals surface area contributed by atoms with Crippen molar-refractivity contribution in [3.05, 3.63) is 28.8 Å². The molecule has 0 spiro atoms. The molecule has 0 amide bonds. The number of alkyl halides is 3. The van der Waals surface area contributed by atoms with E-state index in [1.807, 2.05) is 0 Å². The summed E-state index contributed by atoms with van der Waals surface area (Å²) in [6.45, 7) is 0. The van der Waals surface area contributed by atoms with Crippen molar-refractivity contribution in [3.8, 4) is 0 Å². The van der Waals surface area contributed by atoms with Gasteiger partial charge in [0.1, 0.15) is 0 Å². The van der Waals surface area contributed by atoms with E-state index in [4.69, 9.17) is 11.6 Å². The van der Waals surface area contributed by atoms with Crippen LogP contribution in [0.25, 0.3) is 0 Å². The van der Waals surface area contributed by atoms with Crippen LogP contribution in [0, 0.1) is 11.8 Å². The topological polar surface area (TPSA) is 12.0 Å². The van der Waals surface area contributed by atoms with Crippen molar-refractivity contribution >= 4 is 17.3 Å². The van der Waals surface area contributed by atoms with Gasteiger partial charge in [-0.1, -0.05) is 11.6 Å². The zero-order chi connectivity index (χ0) is 13.6. The quantitative estimate of drug-likeness (QED) is 0.826. The first kappa shape index (κ1) is 13.1. The fourth-order valence-corrected chi connectivity index (χ4v) is 2.75. The molecule has 0 aromatic heterocycles. The maximum Gasteiger partial charge on any atom is 0.416 e. The van der Waals surface area contributed by atoms with Crippen LogP contribution in [0.2, 0.25) is 5.02 Å². The number of hydrogen-bond acceptors (Lipinski definition) is 1. The molecule has 1 aromatic rings. The first-order valence-corrected chi connectivity index (χ1v) is 6.96. The van der Waals surface area contributed by atoms with Gasteiger partial charge in [-0.15, -0.1) is 0 Å². The van der Waals surface area contributed by atoms with Gasteiger partial charge in [0.2, 0.25) is 0 Å². The Morgan fingerprint density at radius 3 is 2.11 bits per heavy atom. The minimum Gasteiger partial charge on any atom is -0.381 e. The lowest BCUT2D eigenvalue weighted by Crippen LogP contribution is -2.24. The highest BCUT2D eigenvalue weighted by atomic mass is 35.5. The summed E-state index contributed by atoms with van der Waals surface area (Å²) in [7, 11) is 0. The highest BCUT2D eigenvalue weighted by Gasteiger charge is 2.41. The van der Waals surface area contributed by atoms with E-state index >= 15 is 0 Å². The van der Waals surface area contributed by atoms with Gasteiger partial charge in [0.15, 0.2) is 0 Å². The molecule has 2 aliphatic rings. The molecule has 2 aliphatic carbocycles. The minimum atomic E-state index is -4.34. The standard InChI is InChI=1S/C14H15ClF3N/c15-11-7-10(14(16,17)18)5-6-12(11)19-13(8-1-2-8)9-3-4-9/h5-9,13,19H,1-4H2. The first-order valence-electron chi connectivity index (χ1n) is 6.58. The summed E-state index contributed by atoms with van der Waals surface area (Å²) in [6.07, 6.45) is 0.520. The molecule has 0 unspecified atom stereocenters. The summed E-state index contributed by atoms with van der Waals surface area (Å²) in [5.41, 5.74) is -0.0732. The number of halogens is 4. The van der Waals surface area contributed by atoms with Crippen molar-refractivity contribution in [3.63, 3.8) is 0 Å². The molecule has 0 atom stereocenters. The molecule has 2 saturated carbocycles. The van der Waals surface area contributed by atoms with E-state index in [-0.39, 0.29) is 5.02 Å². The smallest absolute Gasteiger partial charge is 0.381 e. The van der Waals surface area contributed by atoms with Gasteiger partial charge >= 0.3 is 6.18 Å². The van der Waals surface area contributed by atoms with Crippen molar-refractivity contribution in [1.29, 1.82) is 0 Å². The van der Waals surface area contributed by atoms with Crippen LogP contribution in [0.15, 0.2) is 18.2 Å². The predicted octanol–water partition coefficient (Wildman–Crippen LogP) is 4.96. The minimum absolute atomic E-state index is 0.154. The van der Waals surface area contributed by atoms with Crippen LogP contribution in [-0.4, -0.2) is 6.04 Å². The molecule has 1 N–H and O–H groups in total. The zero-order valence-corrected chi connectivity index (χ0v) is 11.1. The largest absolute Gasteiger partial charge is 0.416 e. The van der Waals surface area contributed by atoms with Gasteiger partial charge in [-0.05, 0) is 55.7 Å². The van der Waals surface area contributed by atoms with E-state index in [9.17, 15) is 13.2 Å². The van der Waals surface area contributed by atoms with E-state index < -0.39 is 11.7 Å². The Balaban J connectivity index is 1.77. The predicted molar refractivity (Wildman–Crippen MR) is 69.3 cm³/mol. The Labute approximate surface area is 115 Å². The molecule has 0 radical (unpaired) electrons. The van der Waals surface area contributed by atoms with Crippen molar-refractivity contribution in [2.45, 2.75) is 37.9 Å². The molecule has 1 aromatic carbocycles. The average molecular weight is 290 g/mol. The van der Waals surface area contributed by atoms with Crippen LogP contribution in [0.5, 0.6) is 0 Å². The molecule has 0 saturated heterocycles. The van der Waals surface area contributed by atoms with Crippen LogP contribution in [0.3, 0.4) is 0 Å². The summed E-state index contributed by atoms with van der Waals surface area (Å²) in [5, 5.41) is 3.50. The Morgan fingerprint density at radius 2 is 1.68 bits per heavy atom. The number of benzene rings is 1. The third kappa shape index (κ3) is 2.99. The highest BCUT2D eigenvalue weighted by Crippen LogP contribution is 2.46. The average Bonchev–Trinajstić information content (AvgIpc) is 3.19. The first-order chi connectivity index (χ1) is 8.95. The molecule has 0 bridgehead atoms. The molecule has 2 fully saturated rings. The maximum atomic E-state index is 12.6. The molecular weight excluding hydrogens is 275 g/mol. The Hall–Kier alpha value is -0.900. The molecular formula is C14H15ClF3N. The fraction of sp³-hybridized carbons (Fsp3) is 0.571. The molecule has 0 heterocycles. The van der Waals surface area contributed by atoms with Crippen LogP contribution >= 0.6 is 11.6 Å². The number of nitrogens with one attached hydrogen (secondary N) is 1. The molecule has 1 nitrogen and oxygen atoms in total. The monoisotopic (exact) mass is 289 g/mol. The summed E-state index contributed by atoms with van der Waals surface area (Å²) >= 11 is 5.97. The van der Waals surface area contributed by atoms with E-state index in [1.54, 1.807) is 0 Å². The summed E-state index contributed by atoms with van der Waals surface area (Å²) in [6, 6.07) is 3.92. The van der Waals surface area contributed by atoms with E-state index in [0.717, 1.165) is 12.1 Å². The van der Waals surface area contributed by atoms with Gasteiger partial charge in [-0.2, -0.15) is 13.2 Å². The van der Waals surface area contributed by atoms with Crippen LogP contribution in [-0.2, 0) is 6.18 Å². The van der Waals surface area contributed by atoms with Crippen LogP contribution in [0.1, 0.15) is 31.2 Å². The SMILES string of the molecule is FC(F)(F)c1ccc(NC(C2CC2)C2CC2)c(Cl)c1. The van der Waals surface area contributed by atoms with Crippen molar-refractivity contribution in [2.24, 2.45) is 11.8 Å². The van der Waals surface area contributed by atoms with Crippen LogP contribution < -0.4 is 5.32 Å². The van der Waals surface area contributed by atoms with Crippen LogP contribution in [0.4, 0.5) is 18.9 Å². The van der Waals surface area contributed by atoms with Crippen molar-refractivity contribution in [1.82, 2.24) is 0 Å². The highest BCUT2D eigenvalue weighted by molar-refractivity contribution is 6.33. The summed E-state index contributed by atoms with van der Waals surface area (Å²) in [5.74, 6) is 1.34. The maximum absolute atomic E-state index is 12.6. The summed E-state index contributed by atoms with van der Waals surface area (Å²) < 4.78 is 37.7. The second kappa shape index (κ2) is 4.58. The van der Waals surface area contributed by atoms with Gasteiger partial charge in [0.25, 0.3) is 0 Å². The van der Waals surface area contributed by atoms with Gasteiger partial charge in [-0.25, -0.2) is 0 Å².